The van der Waals surface area contributed by atoms with Gasteiger partial charge in [-0.2, -0.15) is 9.67 Å². The molecule has 11 heteroatoms. The van der Waals surface area contributed by atoms with E-state index in [1.165, 1.54) is 6.08 Å². The first-order valence-corrected chi connectivity index (χ1v) is 11.4. The number of anilines is 3. The van der Waals surface area contributed by atoms with Crippen molar-refractivity contribution in [3.05, 3.63) is 67.4 Å². The number of hydrogen-bond acceptors (Lipinski definition) is 9. The fourth-order valence-corrected chi connectivity index (χ4v) is 3.32. The topological polar surface area (TPSA) is 113 Å². The maximum absolute atomic E-state index is 12.0. The number of carbonyl (C=O) groups is 1. The molecule has 0 aliphatic rings. The van der Waals surface area contributed by atoms with Gasteiger partial charge in [-0.05, 0) is 57.6 Å². The lowest BCUT2D eigenvalue weighted by Gasteiger charge is -2.21. The number of likely N-dealkylation sites (N-methyl/N-ethyl adjacent to an activating group) is 2. The summed E-state index contributed by atoms with van der Waals surface area (Å²) in [7, 11) is 6.03. The van der Waals surface area contributed by atoms with Crippen LogP contribution in [0.4, 0.5) is 17.3 Å². The maximum Gasteiger partial charge on any atom is 0.247 e. The molecule has 36 heavy (non-hydrogen) atoms. The number of para-hydroxylation sites is 1. The first-order chi connectivity index (χ1) is 17.4. The second-order valence-electron chi connectivity index (χ2n) is 8.41. The summed E-state index contributed by atoms with van der Waals surface area (Å²) in [6.07, 6.45) is 2.85. The number of rotatable bonds is 11. The Balaban J connectivity index is 1.53. The van der Waals surface area contributed by atoms with Crippen molar-refractivity contribution >= 4 is 34.3 Å². The Morgan fingerprint density at radius 2 is 1.97 bits per heavy atom. The number of amides is 1. The van der Waals surface area contributed by atoms with E-state index in [9.17, 15) is 4.79 Å². The third-order valence-corrected chi connectivity index (χ3v) is 5.26. The first kappa shape index (κ1) is 24.8. The lowest BCUT2D eigenvalue weighted by molar-refractivity contribution is -0.111. The lowest BCUT2D eigenvalue weighted by Crippen LogP contribution is -2.31. The van der Waals surface area contributed by atoms with Crippen LogP contribution in [0.25, 0.3) is 16.9 Å². The molecule has 0 aliphatic carbocycles. The molecule has 0 atom stereocenters. The van der Waals surface area contributed by atoms with E-state index in [1.807, 2.05) is 51.5 Å². The third kappa shape index (κ3) is 6.20. The van der Waals surface area contributed by atoms with Crippen molar-refractivity contribution in [2.75, 3.05) is 51.6 Å². The Labute approximate surface area is 209 Å². The molecule has 2 heterocycles. The van der Waals surface area contributed by atoms with Crippen LogP contribution < -0.4 is 15.4 Å². The van der Waals surface area contributed by atoms with Crippen LogP contribution in [-0.2, 0) is 4.79 Å². The normalized spacial score (nSPS) is 11.1. The Morgan fingerprint density at radius 1 is 1.14 bits per heavy atom. The number of aromatic nitrogens is 5. The van der Waals surface area contributed by atoms with E-state index in [0.717, 1.165) is 24.1 Å². The molecule has 2 aromatic carbocycles. The van der Waals surface area contributed by atoms with Crippen molar-refractivity contribution in [3.63, 3.8) is 0 Å². The third-order valence-electron chi connectivity index (χ3n) is 5.26. The summed E-state index contributed by atoms with van der Waals surface area (Å²) in [5, 5.41) is 14.4. The van der Waals surface area contributed by atoms with E-state index in [4.69, 9.17) is 4.74 Å². The summed E-state index contributed by atoms with van der Waals surface area (Å²) in [5.74, 6) is 1.14. The average molecular weight is 488 g/mol. The molecule has 0 spiro atoms. The van der Waals surface area contributed by atoms with Crippen LogP contribution in [-0.4, -0.2) is 81.6 Å². The standard InChI is InChI=1S/C25H29N9O2/c1-5-24(35)28-20-16-18(10-11-22(20)36-17-33(4)15-14-32(2)3)27-25-26-13-12-23(29-25)34-21-9-7-6-8-19(21)30-31-34/h5-13,16H,1,14-15,17H2,2-4H3,(H,28,35)(H,26,27,29). The van der Waals surface area contributed by atoms with Crippen molar-refractivity contribution < 1.29 is 9.53 Å². The summed E-state index contributed by atoms with van der Waals surface area (Å²) < 4.78 is 7.63. The van der Waals surface area contributed by atoms with Gasteiger partial charge in [-0.25, -0.2) is 4.98 Å². The molecule has 0 unspecified atom stereocenters. The minimum absolute atomic E-state index is 0.339. The highest BCUT2D eigenvalue weighted by atomic mass is 16.5. The van der Waals surface area contributed by atoms with Crippen molar-refractivity contribution in [3.8, 4) is 11.6 Å². The molecular formula is C25H29N9O2. The highest BCUT2D eigenvalue weighted by Crippen LogP contribution is 2.29. The fraction of sp³-hybridized carbons (Fsp3) is 0.240. The van der Waals surface area contributed by atoms with Crippen molar-refractivity contribution in [2.24, 2.45) is 0 Å². The zero-order chi connectivity index (χ0) is 25.5. The SMILES string of the molecule is C=CC(=O)Nc1cc(Nc2nccc(-n3nnc4ccccc43)n2)ccc1OCN(C)CCN(C)C. The van der Waals surface area contributed by atoms with Gasteiger partial charge in [0, 0.05) is 31.0 Å². The summed E-state index contributed by atoms with van der Waals surface area (Å²) in [5.41, 5.74) is 2.79. The van der Waals surface area contributed by atoms with E-state index in [1.54, 1.807) is 29.1 Å². The molecule has 0 bridgehead atoms. The highest BCUT2D eigenvalue weighted by Gasteiger charge is 2.12. The van der Waals surface area contributed by atoms with Gasteiger partial charge in [0.2, 0.25) is 11.9 Å². The van der Waals surface area contributed by atoms with E-state index < -0.39 is 0 Å². The second kappa shape index (κ2) is 11.4. The predicted octanol–water partition coefficient (Wildman–Crippen LogP) is 2.91. The first-order valence-electron chi connectivity index (χ1n) is 11.4. The average Bonchev–Trinajstić information content (AvgIpc) is 3.31. The smallest absolute Gasteiger partial charge is 0.247 e. The maximum atomic E-state index is 12.0. The Kier molecular flexibility index (Phi) is 7.83. The Bertz CT molecular complexity index is 1350. The van der Waals surface area contributed by atoms with Gasteiger partial charge in [-0.1, -0.05) is 23.9 Å². The van der Waals surface area contributed by atoms with Crippen LogP contribution in [0.15, 0.2) is 67.4 Å². The van der Waals surface area contributed by atoms with Crippen LogP contribution in [0, 0.1) is 0 Å². The molecule has 4 aromatic rings. The molecule has 0 saturated heterocycles. The number of carbonyl (C=O) groups excluding carboxylic acids is 1. The molecule has 0 aliphatic heterocycles. The van der Waals surface area contributed by atoms with Gasteiger partial charge in [0.15, 0.2) is 5.82 Å². The summed E-state index contributed by atoms with van der Waals surface area (Å²) >= 11 is 0. The Morgan fingerprint density at radius 3 is 2.78 bits per heavy atom. The van der Waals surface area contributed by atoms with E-state index in [2.05, 4.69) is 47.3 Å². The van der Waals surface area contributed by atoms with Gasteiger partial charge in [0.1, 0.15) is 18.0 Å². The van der Waals surface area contributed by atoms with Crippen LogP contribution in [0.1, 0.15) is 0 Å². The molecule has 2 N–H and O–H groups in total. The minimum Gasteiger partial charge on any atom is -0.476 e. The largest absolute Gasteiger partial charge is 0.476 e. The minimum atomic E-state index is -0.339. The zero-order valence-corrected chi connectivity index (χ0v) is 20.5. The number of nitrogens with zero attached hydrogens (tertiary/aromatic N) is 7. The van der Waals surface area contributed by atoms with Gasteiger partial charge in [0.05, 0.1) is 11.2 Å². The van der Waals surface area contributed by atoms with Gasteiger partial charge in [0.25, 0.3) is 0 Å². The molecule has 4 rings (SSSR count). The molecule has 186 valence electrons. The number of ether oxygens (including phenoxy) is 1. The van der Waals surface area contributed by atoms with E-state index in [0.29, 0.717) is 35.6 Å². The van der Waals surface area contributed by atoms with Crippen LogP contribution >= 0.6 is 0 Å². The number of fused-ring (bicyclic) bond motifs is 1. The van der Waals surface area contributed by atoms with Crippen molar-refractivity contribution in [1.82, 2.24) is 34.8 Å². The number of benzene rings is 2. The molecule has 0 fully saturated rings. The van der Waals surface area contributed by atoms with E-state index in [-0.39, 0.29) is 5.91 Å². The molecule has 2 aromatic heterocycles. The quantitative estimate of drug-likeness (QED) is 0.243. The van der Waals surface area contributed by atoms with Gasteiger partial charge in [-0.3, -0.25) is 9.69 Å². The zero-order valence-electron chi connectivity index (χ0n) is 20.5. The van der Waals surface area contributed by atoms with Crippen molar-refractivity contribution in [1.29, 1.82) is 0 Å². The van der Waals surface area contributed by atoms with Gasteiger partial charge >= 0.3 is 0 Å². The van der Waals surface area contributed by atoms with Crippen LogP contribution in [0.5, 0.6) is 5.75 Å². The van der Waals surface area contributed by atoms with Crippen LogP contribution in [0.2, 0.25) is 0 Å². The lowest BCUT2D eigenvalue weighted by atomic mass is 10.2. The summed E-state index contributed by atoms with van der Waals surface area (Å²) in [6.45, 7) is 5.65. The number of nitrogens with one attached hydrogen (secondary N) is 2. The van der Waals surface area contributed by atoms with E-state index >= 15 is 0 Å². The van der Waals surface area contributed by atoms with Crippen molar-refractivity contribution in [2.45, 2.75) is 0 Å². The highest BCUT2D eigenvalue weighted by molar-refractivity contribution is 6.00. The van der Waals surface area contributed by atoms with Crippen LogP contribution in [0.3, 0.4) is 0 Å². The summed E-state index contributed by atoms with van der Waals surface area (Å²) in [4.78, 5) is 25.1. The number of hydrogen-bond donors (Lipinski definition) is 2. The predicted molar refractivity (Wildman–Crippen MR) is 140 cm³/mol. The molecule has 0 radical (unpaired) electrons. The summed E-state index contributed by atoms with van der Waals surface area (Å²) in [6, 6.07) is 14.8. The monoisotopic (exact) mass is 487 g/mol. The molecule has 1 amide bonds. The fourth-order valence-electron chi connectivity index (χ4n) is 3.32. The van der Waals surface area contributed by atoms with Gasteiger partial charge < -0.3 is 20.3 Å². The molecular weight excluding hydrogens is 458 g/mol. The Hall–Kier alpha value is -4.35. The van der Waals surface area contributed by atoms with Gasteiger partial charge in [-0.15, -0.1) is 5.10 Å². The second-order valence-corrected chi connectivity index (χ2v) is 8.41. The molecule has 11 nitrogen and oxygen atoms in total. The molecule has 0 saturated carbocycles.